The molecule has 2 fully saturated rings. The fourth-order valence-electron chi connectivity index (χ4n) is 7.98. The maximum Gasteiger partial charge on any atom is 0.251 e. The molecule has 56 heavy (non-hydrogen) atoms. The lowest BCUT2D eigenvalue weighted by Crippen LogP contribution is -2.48. The van der Waals surface area contributed by atoms with Crippen LogP contribution in [0.1, 0.15) is 101 Å². The number of allylic oxidation sites excluding steroid dienone is 7. The van der Waals surface area contributed by atoms with Gasteiger partial charge in [-0.1, -0.05) is 116 Å². The summed E-state index contributed by atoms with van der Waals surface area (Å²) >= 11 is 0. The summed E-state index contributed by atoms with van der Waals surface area (Å²) in [6.07, 6.45) is 17.6. The van der Waals surface area contributed by atoms with Crippen LogP contribution in [-0.2, 0) is 24.2 Å². The lowest BCUT2D eigenvalue weighted by atomic mass is 9.99. The molecule has 8 heteroatoms. The maximum absolute atomic E-state index is 13.7. The van der Waals surface area contributed by atoms with E-state index in [0.29, 0.717) is 24.7 Å². The minimum Gasteiger partial charge on any atom is -0.379 e. The normalized spacial score (nSPS) is 20.0. The Morgan fingerprint density at radius 1 is 1.02 bits per heavy atom. The lowest BCUT2D eigenvalue weighted by molar-refractivity contribution is 0.00358. The number of imidazole rings is 1. The Labute approximate surface area is 336 Å². The van der Waals surface area contributed by atoms with Gasteiger partial charge in [-0.05, 0) is 72.6 Å². The molecular formula is C48H66N6O2. The number of fused-ring (bicyclic) bond motifs is 4. The SMILES string of the molecule is C=C1/C=C\C=C/C(C)/C=C(/C(=C)N2CCC(N3CCOCC3)CC2)Cn2c1c(CCCC)c1ccc(C(=O)NCc3nc4ccccc4[nH]3)cc12.CC.CCC. The van der Waals surface area contributed by atoms with E-state index in [1.807, 2.05) is 44.2 Å². The number of para-hydroxylation sites is 2. The maximum atomic E-state index is 13.7. The molecule has 0 saturated carbocycles. The van der Waals surface area contributed by atoms with E-state index < -0.39 is 0 Å². The van der Waals surface area contributed by atoms with Crippen LogP contribution < -0.4 is 5.32 Å². The molecule has 1 unspecified atom stereocenters. The van der Waals surface area contributed by atoms with E-state index in [1.165, 1.54) is 22.9 Å². The summed E-state index contributed by atoms with van der Waals surface area (Å²) in [5.74, 6) is 0.833. The van der Waals surface area contributed by atoms with Crippen LogP contribution in [-0.4, -0.2) is 75.7 Å². The highest BCUT2D eigenvalue weighted by molar-refractivity contribution is 6.00. The van der Waals surface area contributed by atoms with E-state index in [1.54, 1.807) is 0 Å². The first kappa shape index (κ1) is 42.5. The summed E-state index contributed by atoms with van der Waals surface area (Å²) in [6, 6.07) is 14.7. The molecule has 8 nitrogen and oxygen atoms in total. The van der Waals surface area contributed by atoms with Crippen molar-refractivity contribution in [2.75, 3.05) is 39.4 Å². The fraction of sp³-hybridized carbons (Fsp3) is 0.458. The molecule has 7 rings (SSSR count). The van der Waals surface area contributed by atoms with Crippen LogP contribution in [0.3, 0.4) is 0 Å². The third kappa shape index (κ3) is 10.4. The summed E-state index contributed by atoms with van der Waals surface area (Å²) in [6.45, 7) is 28.8. The number of ether oxygens (including phenoxy) is 1. The first-order valence-electron chi connectivity index (χ1n) is 21.2. The summed E-state index contributed by atoms with van der Waals surface area (Å²) in [7, 11) is 0. The van der Waals surface area contributed by atoms with Gasteiger partial charge in [-0.2, -0.15) is 0 Å². The molecule has 3 aliphatic heterocycles. The molecule has 2 N–H and O–H groups in total. The van der Waals surface area contributed by atoms with Crippen molar-refractivity contribution in [1.29, 1.82) is 0 Å². The van der Waals surface area contributed by atoms with Crippen molar-refractivity contribution >= 4 is 33.4 Å². The smallest absolute Gasteiger partial charge is 0.251 e. The molecule has 0 spiro atoms. The highest BCUT2D eigenvalue weighted by Gasteiger charge is 2.28. The van der Waals surface area contributed by atoms with Crippen molar-refractivity contribution in [1.82, 2.24) is 29.7 Å². The molecule has 1 amide bonds. The molecule has 0 radical (unpaired) electrons. The molecule has 300 valence electrons. The minimum atomic E-state index is -0.125. The minimum absolute atomic E-state index is 0.125. The van der Waals surface area contributed by atoms with Gasteiger partial charge in [0.05, 0.1) is 36.5 Å². The number of benzene rings is 2. The van der Waals surface area contributed by atoms with Crippen molar-refractivity contribution in [3.8, 4) is 0 Å². The average Bonchev–Trinajstić information content (AvgIpc) is 3.78. The number of amides is 1. The first-order chi connectivity index (χ1) is 27.3. The molecular weight excluding hydrogens is 693 g/mol. The number of likely N-dealkylation sites (tertiary alicyclic amines) is 1. The van der Waals surface area contributed by atoms with Gasteiger partial charge in [0.2, 0.25) is 0 Å². The Hall–Kier alpha value is -4.66. The van der Waals surface area contributed by atoms with Crippen LogP contribution in [0.25, 0.3) is 27.5 Å². The Bertz CT molecular complexity index is 1980. The number of hydrogen-bond donors (Lipinski definition) is 2. The van der Waals surface area contributed by atoms with Crippen molar-refractivity contribution in [3.05, 3.63) is 120 Å². The number of H-pyrrole nitrogens is 1. The zero-order valence-electron chi connectivity index (χ0n) is 35.0. The molecule has 2 aromatic heterocycles. The Morgan fingerprint density at radius 3 is 2.46 bits per heavy atom. The number of unbranched alkanes of at least 4 members (excludes halogenated alkanes) is 1. The number of aromatic amines is 1. The van der Waals surface area contributed by atoms with E-state index in [-0.39, 0.29) is 11.8 Å². The van der Waals surface area contributed by atoms with Gasteiger partial charge in [0.1, 0.15) is 5.82 Å². The van der Waals surface area contributed by atoms with Gasteiger partial charge >= 0.3 is 0 Å². The number of morpholine rings is 1. The van der Waals surface area contributed by atoms with Gasteiger partial charge in [-0.25, -0.2) is 4.98 Å². The van der Waals surface area contributed by atoms with Gasteiger partial charge in [-0.15, -0.1) is 0 Å². The number of nitrogens with one attached hydrogen (secondary N) is 2. The third-order valence-electron chi connectivity index (χ3n) is 10.8. The van der Waals surface area contributed by atoms with Crippen molar-refractivity contribution in [2.45, 2.75) is 99.2 Å². The predicted octanol–water partition coefficient (Wildman–Crippen LogP) is 10.2. The molecule has 3 aliphatic rings. The molecule has 5 heterocycles. The molecule has 0 bridgehead atoms. The molecule has 4 aromatic rings. The summed E-state index contributed by atoms with van der Waals surface area (Å²) in [5, 5.41) is 4.28. The van der Waals surface area contributed by atoms with Crippen LogP contribution in [0.4, 0.5) is 0 Å². The monoisotopic (exact) mass is 759 g/mol. The highest BCUT2D eigenvalue weighted by atomic mass is 16.5. The second-order valence-corrected chi connectivity index (χ2v) is 15.0. The van der Waals surface area contributed by atoms with E-state index in [9.17, 15) is 4.79 Å². The second-order valence-electron chi connectivity index (χ2n) is 15.0. The summed E-state index contributed by atoms with van der Waals surface area (Å²) in [4.78, 5) is 26.7. The van der Waals surface area contributed by atoms with Crippen molar-refractivity contribution in [3.63, 3.8) is 0 Å². The lowest BCUT2D eigenvalue weighted by Gasteiger charge is -2.41. The van der Waals surface area contributed by atoms with Crippen molar-refractivity contribution < 1.29 is 9.53 Å². The molecule has 2 saturated heterocycles. The third-order valence-corrected chi connectivity index (χ3v) is 10.8. The first-order valence-corrected chi connectivity index (χ1v) is 21.2. The van der Waals surface area contributed by atoms with E-state index >= 15 is 0 Å². The highest BCUT2D eigenvalue weighted by Crippen LogP contribution is 2.36. The quantitative estimate of drug-likeness (QED) is 0.178. The van der Waals surface area contributed by atoms with Crippen LogP contribution in [0, 0.1) is 5.92 Å². The number of carbonyl (C=O) groups excluding carboxylic acids is 1. The molecule has 1 atom stereocenters. The van der Waals surface area contributed by atoms with Crippen LogP contribution in [0.5, 0.6) is 0 Å². The van der Waals surface area contributed by atoms with Gasteiger partial charge < -0.3 is 24.5 Å². The van der Waals surface area contributed by atoms with Gasteiger partial charge in [0, 0.05) is 60.9 Å². The number of aromatic nitrogens is 3. The predicted molar refractivity (Wildman–Crippen MR) is 236 cm³/mol. The second kappa shape index (κ2) is 21.0. The molecule has 2 aromatic carbocycles. The zero-order chi connectivity index (χ0) is 40.0. The topological polar surface area (TPSA) is 78.4 Å². The van der Waals surface area contributed by atoms with E-state index in [4.69, 9.17) is 11.3 Å². The molecule has 0 aliphatic carbocycles. The van der Waals surface area contributed by atoms with E-state index in [0.717, 1.165) is 111 Å². The average molecular weight is 759 g/mol. The number of nitrogens with zero attached hydrogens (tertiary/aromatic N) is 4. The summed E-state index contributed by atoms with van der Waals surface area (Å²) < 4.78 is 8.02. The van der Waals surface area contributed by atoms with Gasteiger partial charge in [-0.3, -0.25) is 9.69 Å². The van der Waals surface area contributed by atoms with Gasteiger partial charge in [0.15, 0.2) is 0 Å². The summed E-state index contributed by atoms with van der Waals surface area (Å²) in [5.41, 5.74) is 9.25. The Morgan fingerprint density at radius 2 is 1.75 bits per heavy atom. The number of hydrogen-bond acceptors (Lipinski definition) is 5. The number of aryl methyl sites for hydroxylation is 1. The standard InChI is InChI=1S/C43H52N6O2.C3H8.C2H6/c1-5-6-13-37-36-17-16-33(43(50)44-28-41-45-38-14-9-10-15-39(38)46-41)27-40(36)49-29-34(26-30(2)11-7-8-12-31(3)42(37)49)32(4)47-20-18-35(19-21-47)48-22-24-51-25-23-48;1-3-2;1-2/h7-12,14-17,26-27,30,35H,3-6,13,18-25,28-29H2,1-2H3,(H,44,50)(H,45,46);3H2,1-2H3;1-2H3/b11-7-,12-8-,34-26+;;. The fourth-order valence-corrected chi connectivity index (χ4v) is 7.98. The number of carbonyl (C=O) groups is 1. The van der Waals surface area contributed by atoms with E-state index in [2.05, 4.69) is 106 Å². The Balaban J connectivity index is 0.00000115. The number of piperidine rings is 1. The van der Waals surface area contributed by atoms with Crippen LogP contribution in [0.2, 0.25) is 0 Å². The zero-order valence-corrected chi connectivity index (χ0v) is 35.0. The van der Waals surface area contributed by atoms with Crippen molar-refractivity contribution in [2.24, 2.45) is 5.92 Å². The Kier molecular flexibility index (Phi) is 16.0. The van der Waals surface area contributed by atoms with Gasteiger partial charge in [0.25, 0.3) is 5.91 Å². The largest absolute Gasteiger partial charge is 0.379 e. The van der Waals surface area contributed by atoms with Crippen LogP contribution >= 0.6 is 0 Å². The number of rotatable bonds is 9. The van der Waals surface area contributed by atoms with Crippen LogP contribution in [0.15, 0.2) is 97.3 Å².